The second-order valence-corrected chi connectivity index (χ2v) is 4.22. The van der Waals surface area contributed by atoms with Gasteiger partial charge in [-0.1, -0.05) is 6.92 Å². The molecule has 0 N–H and O–H groups in total. The molecule has 0 aromatic carbocycles. The Hall–Kier alpha value is -1.21. The molecule has 2 atom stereocenters. The fourth-order valence-electron chi connectivity index (χ4n) is 1.09. The van der Waals surface area contributed by atoms with Crippen LogP contribution in [0, 0.1) is 0 Å². The second-order valence-electron chi connectivity index (χ2n) is 4.22. The molecule has 0 aliphatic rings. The maximum Gasteiger partial charge on any atom is 0.340 e. The van der Waals surface area contributed by atoms with Crippen molar-refractivity contribution in [3.63, 3.8) is 0 Å². The van der Waals surface area contributed by atoms with Gasteiger partial charge in [0.2, 0.25) is 0 Å². The largest absolute Gasteiger partial charge is 0.462 e. The highest BCUT2D eigenvalue weighted by molar-refractivity contribution is 5.90. The molecule has 0 rings (SSSR count). The van der Waals surface area contributed by atoms with E-state index in [1.165, 1.54) is 0 Å². The van der Waals surface area contributed by atoms with Gasteiger partial charge in [0.05, 0.1) is 6.61 Å². The van der Waals surface area contributed by atoms with Gasteiger partial charge < -0.3 is 4.74 Å². The smallest absolute Gasteiger partial charge is 0.340 e. The van der Waals surface area contributed by atoms with Gasteiger partial charge in [0, 0.05) is 6.08 Å². The predicted octanol–water partition coefficient (Wildman–Crippen LogP) is 3.85. The lowest BCUT2D eigenvalue weighted by molar-refractivity contribution is -0.145. The Kier molecular flexibility index (Phi) is 6.56. The third kappa shape index (κ3) is 4.72. The van der Waals surface area contributed by atoms with Crippen LogP contribution in [0.25, 0.3) is 0 Å². The number of halogens is 6. The summed E-state index contributed by atoms with van der Waals surface area (Å²) in [6.07, 6.45) is -6.03. The highest BCUT2D eigenvalue weighted by atomic mass is 19.3. The van der Waals surface area contributed by atoms with Crippen LogP contribution in [0.4, 0.5) is 26.3 Å². The number of esters is 1. The molecule has 0 heterocycles. The monoisotopic (exact) mass is 306 g/mol. The molecule has 0 bridgehead atoms. The van der Waals surface area contributed by atoms with Gasteiger partial charge in [-0.2, -0.15) is 17.6 Å². The van der Waals surface area contributed by atoms with Crippen LogP contribution in [0.5, 0.6) is 0 Å². The number of carbonyl (C=O) groups is 1. The van der Waals surface area contributed by atoms with Gasteiger partial charge in [-0.25, -0.2) is 13.6 Å². The molecular formula is C12H16F6O2. The van der Waals surface area contributed by atoms with E-state index in [0.29, 0.717) is 13.8 Å². The molecule has 0 aliphatic carbocycles. The van der Waals surface area contributed by atoms with Crippen molar-refractivity contribution < 1.29 is 35.9 Å². The van der Waals surface area contributed by atoms with Crippen LogP contribution in [0.1, 0.15) is 27.2 Å². The molecule has 0 aliphatic heterocycles. The summed E-state index contributed by atoms with van der Waals surface area (Å²) in [4.78, 5) is 11.4. The third-order valence-corrected chi connectivity index (χ3v) is 2.38. The Balaban J connectivity index is 5.60. The van der Waals surface area contributed by atoms with E-state index < -0.39 is 41.8 Å². The summed E-state index contributed by atoms with van der Waals surface area (Å²) in [5.41, 5.74) is -1.88. The van der Waals surface area contributed by atoms with Crippen molar-refractivity contribution in [2.45, 2.75) is 51.4 Å². The fraction of sp³-hybridized carbons (Fsp3) is 0.750. The van der Waals surface area contributed by atoms with E-state index in [1.54, 1.807) is 6.92 Å². The fourth-order valence-corrected chi connectivity index (χ4v) is 1.09. The minimum atomic E-state index is -4.50. The van der Waals surface area contributed by atoms with Crippen molar-refractivity contribution in [3.05, 3.63) is 11.6 Å². The zero-order valence-corrected chi connectivity index (χ0v) is 11.2. The summed E-state index contributed by atoms with van der Waals surface area (Å²) in [5.74, 6) is -10.6. The quantitative estimate of drug-likeness (QED) is 0.406. The molecular weight excluding hydrogens is 290 g/mol. The summed E-state index contributed by atoms with van der Waals surface area (Å²) in [6.45, 7) is 2.08. The maximum atomic E-state index is 13.5. The van der Waals surface area contributed by atoms with Crippen LogP contribution in [0.3, 0.4) is 0 Å². The number of hydrogen-bond acceptors (Lipinski definition) is 2. The second kappa shape index (κ2) is 6.99. The van der Waals surface area contributed by atoms with Gasteiger partial charge in [0.1, 0.15) is 5.57 Å². The molecule has 0 aromatic rings. The first-order valence-corrected chi connectivity index (χ1v) is 5.91. The van der Waals surface area contributed by atoms with E-state index in [9.17, 15) is 31.1 Å². The summed E-state index contributed by atoms with van der Waals surface area (Å²) < 4.78 is 83.1. The molecule has 0 fully saturated rings. The van der Waals surface area contributed by atoms with Crippen LogP contribution in [0.15, 0.2) is 11.6 Å². The lowest BCUT2D eigenvalue weighted by atomic mass is 10.0. The molecule has 0 saturated heterocycles. The topological polar surface area (TPSA) is 26.3 Å². The number of hydrogen-bond donors (Lipinski definition) is 0. The number of ether oxygens (including phenoxy) is 1. The van der Waals surface area contributed by atoms with Gasteiger partial charge in [-0.05, 0) is 20.3 Å². The normalized spacial score (nSPS) is 16.8. The van der Waals surface area contributed by atoms with Crippen molar-refractivity contribution in [1.29, 1.82) is 0 Å². The molecule has 2 nitrogen and oxygen atoms in total. The number of alkyl halides is 6. The van der Waals surface area contributed by atoms with E-state index in [0.717, 1.165) is 0 Å². The van der Waals surface area contributed by atoms with Crippen molar-refractivity contribution >= 4 is 5.97 Å². The Morgan fingerprint density at radius 1 is 1.15 bits per heavy atom. The van der Waals surface area contributed by atoms with Gasteiger partial charge in [0.25, 0.3) is 5.92 Å². The summed E-state index contributed by atoms with van der Waals surface area (Å²) >= 11 is 0. The number of carbonyl (C=O) groups excluding carboxylic acids is 1. The number of rotatable bonds is 7. The molecule has 2 unspecified atom stereocenters. The number of allylic oxidation sites excluding steroid dienone is 1. The van der Waals surface area contributed by atoms with Crippen LogP contribution in [0.2, 0.25) is 0 Å². The highest BCUT2D eigenvalue weighted by Gasteiger charge is 2.49. The van der Waals surface area contributed by atoms with E-state index in [2.05, 4.69) is 4.74 Å². The summed E-state index contributed by atoms with van der Waals surface area (Å²) in [6, 6.07) is 0. The first-order valence-electron chi connectivity index (χ1n) is 5.91. The van der Waals surface area contributed by atoms with Gasteiger partial charge in [-0.15, -0.1) is 0 Å². The van der Waals surface area contributed by atoms with Crippen molar-refractivity contribution in [2.75, 3.05) is 6.61 Å². The zero-order valence-electron chi connectivity index (χ0n) is 11.2. The maximum absolute atomic E-state index is 13.5. The Bertz CT molecular complexity index is 363. The van der Waals surface area contributed by atoms with Crippen molar-refractivity contribution in [2.24, 2.45) is 0 Å². The first kappa shape index (κ1) is 18.8. The van der Waals surface area contributed by atoms with Crippen LogP contribution in [-0.2, 0) is 9.53 Å². The van der Waals surface area contributed by atoms with E-state index in [-0.39, 0.29) is 13.0 Å². The zero-order chi connectivity index (χ0) is 16.1. The molecule has 0 radical (unpaired) electrons. The van der Waals surface area contributed by atoms with Crippen LogP contribution >= 0.6 is 0 Å². The van der Waals surface area contributed by atoms with Crippen molar-refractivity contribution in [1.82, 2.24) is 0 Å². The molecule has 118 valence electrons. The Morgan fingerprint density at radius 2 is 1.65 bits per heavy atom. The average Bonchev–Trinajstić information content (AvgIpc) is 2.32. The summed E-state index contributed by atoms with van der Waals surface area (Å²) in [7, 11) is 0. The molecule has 20 heavy (non-hydrogen) atoms. The lowest BCUT2D eigenvalue weighted by Crippen LogP contribution is -2.37. The SMILES string of the molecule is CCCOC(=O)/C(=C\C(F)(F)C(C)F)C(F)(F)C(C)F. The molecule has 0 aromatic heterocycles. The Labute approximate surface area is 112 Å². The van der Waals surface area contributed by atoms with E-state index in [1.807, 2.05) is 0 Å². The van der Waals surface area contributed by atoms with Crippen molar-refractivity contribution in [3.8, 4) is 0 Å². The minimum absolute atomic E-state index is 0.256. The standard InChI is InChI=1S/C12H16F6O2/c1-4-5-20-10(19)9(12(17,18)8(3)14)6-11(15,16)7(2)13/h6-8H,4-5H2,1-3H3/b9-6+. The summed E-state index contributed by atoms with van der Waals surface area (Å²) in [5, 5.41) is 0. The van der Waals surface area contributed by atoms with E-state index >= 15 is 0 Å². The lowest BCUT2D eigenvalue weighted by Gasteiger charge is -2.22. The van der Waals surface area contributed by atoms with Gasteiger partial charge in [0.15, 0.2) is 12.3 Å². The Morgan fingerprint density at radius 3 is 2.00 bits per heavy atom. The average molecular weight is 306 g/mol. The molecule has 0 amide bonds. The van der Waals surface area contributed by atoms with Crippen LogP contribution < -0.4 is 0 Å². The highest BCUT2D eigenvalue weighted by Crippen LogP contribution is 2.35. The van der Waals surface area contributed by atoms with Crippen LogP contribution in [-0.4, -0.2) is 36.8 Å². The third-order valence-electron chi connectivity index (χ3n) is 2.38. The van der Waals surface area contributed by atoms with Gasteiger partial charge in [-0.3, -0.25) is 0 Å². The predicted molar refractivity (Wildman–Crippen MR) is 60.4 cm³/mol. The minimum Gasteiger partial charge on any atom is -0.462 e. The van der Waals surface area contributed by atoms with Gasteiger partial charge >= 0.3 is 11.9 Å². The van der Waals surface area contributed by atoms with E-state index in [4.69, 9.17) is 0 Å². The molecule has 0 saturated carbocycles. The first-order chi connectivity index (χ1) is 8.96. The molecule has 8 heteroatoms. The molecule has 0 spiro atoms.